The van der Waals surface area contributed by atoms with E-state index in [-0.39, 0.29) is 11.5 Å². The molecule has 1 rings (SSSR count). The molecular weight excluding hydrogens is 309 g/mol. The monoisotopic (exact) mass is 324 g/mol. The molecule has 0 radical (unpaired) electrons. The van der Waals surface area contributed by atoms with Gasteiger partial charge >= 0.3 is 6.18 Å². The van der Waals surface area contributed by atoms with Gasteiger partial charge in [0.15, 0.2) is 0 Å². The molecule has 0 aromatic heterocycles. The number of rotatable bonds is 4. The zero-order valence-electron chi connectivity index (χ0n) is 10.3. The highest BCUT2D eigenvalue weighted by Crippen LogP contribution is 2.38. The first-order valence-corrected chi connectivity index (χ1v) is 6.61. The van der Waals surface area contributed by atoms with Crippen molar-refractivity contribution < 1.29 is 18.3 Å². The summed E-state index contributed by atoms with van der Waals surface area (Å²) in [6.07, 6.45) is -4.02. The smallest absolute Gasteiger partial charge is 0.388 e. The fraction of sp³-hybridized carbons (Fsp3) is 0.538. The first kappa shape index (κ1) is 15.5. The SMILES string of the molecule is CCCC(C)C(O)c1ccc(Br)cc1C(F)(F)F. The van der Waals surface area contributed by atoms with Crippen LogP contribution in [0.3, 0.4) is 0 Å². The van der Waals surface area contributed by atoms with Gasteiger partial charge in [-0.1, -0.05) is 42.3 Å². The van der Waals surface area contributed by atoms with Crippen molar-refractivity contribution in [2.45, 2.75) is 39.0 Å². The lowest BCUT2D eigenvalue weighted by Crippen LogP contribution is -2.16. The van der Waals surface area contributed by atoms with Gasteiger partial charge in [0, 0.05) is 4.47 Å². The van der Waals surface area contributed by atoms with Crippen molar-refractivity contribution in [2.24, 2.45) is 5.92 Å². The first-order chi connectivity index (χ1) is 8.27. The highest BCUT2D eigenvalue weighted by atomic mass is 79.9. The molecule has 0 spiro atoms. The topological polar surface area (TPSA) is 20.2 Å². The Labute approximate surface area is 113 Å². The molecule has 0 saturated heterocycles. The van der Waals surface area contributed by atoms with Crippen LogP contribution in [0.2, 0.25) is 0 Å². The summed E-state index contributed by atoms with van der Waals surface area (Å²) >= 11 is 3.02. The molecule has 0 aliphatic rings. The molecule has 0 saturated carbocycles. The Morgan fingerprint density at radius 2 is 1.94 bits per heavy atom. The van der Waals surface area contributed by atoms with Gasteiger partial charge in [-0.05, 0) is 30.0 Å². The molecule has 0 fully saturated rings. The molecule has 1 aromatic carbocycles. The van der Waals surface area contributed by atoms with E-state index in [1.165, 1.54) is 12.1 Å². The minimum atomic E-state index is -4.45. The summed E-state index contributed by atoms with van der Waals surface area (Å²) in [6.45, 7) is 3.70. The maximum atomic E-state index is 12.9. The minimum Gasteiger partial charge on any atom is -0.388 e. The Hall–Kier alpha value is -0.550. The lowest BCUT2D eigenvalue weighted by molar-refractivity contribution is -0.139. The van der Waals surface area contributed by atoms with Gasteiger partial charge in [-0.15, -0.1) is 0 Å². The molecular formula is C13H16BrF3O. The second-order valence-electron chi connectivity index (χ2n) is 4.44. The summed E-state index contributed by atoms with van der Waals surface area (Å²) in [6, 6.07) is 3.87. The standard InChI is InChI=1S/C13H16BrF3O/c1-3-4-8(2)12(18)10-6-5-9(14)7-11(10)13(15,16)17/h5-8,12,18H,3-4H2,1-2H3. The summed E-state index contributed by atoms with van der Waals surface area (Å²) in [7, 11) is 0. The van der Waals surface area contributed by atoms with E-state index < -0.39 is 17.8 Å². The van der Waals surface area contributed by atoms with E-state index in [1.807, 2.05) is 6.92 Å². The molecule has 0 aliphatic heterocycles. The van der Waals surface area contributed by atoms with E-state index in [9.17, 15) is 18.3 Å². The van der Waals surface area contributed by atoms with Gasteiger partial charge in [0.25, 0.3) is 0 Å². The second-order valence-corrected chi connectivity index (χ2v) is 5.36. The van der Waals surface area contributed by atoms with Gasteiger partial charge in [0.1, 0.15) is 0 Å². The quantitative estimate of drug-likeness (QED) is 0.831. The lowest BCUT2D eigenvalue weighted by atomic mass is 9.90. The van der Waals surface area contributed by atoms with Crippen molar-refractivity contribution in [3.63, 3.8) is 0 Å². The number of halogens is 4. The number of alkyl halides is 3. The van der Waals surface area contributed by atoms with Crippen LogP contribution in [-0.2, 0) is 6.18 Å². The Morgan fingerprint density at radius 1 is 1.33 bits per heavy atom. The Morgan fingerprint density at radius 3 is 2.44 bits per heavy atom. The Balaban J connectivity index is 3.15. The van der Waals surface area contributed by atoms with Crippen LogP contribution in [0.4, 0.5) is 13.2 Å². The molecule has 102 valence electrons. The largest absolute Gasteiger partial charge is 0.416 e. The molecule has 2 atom stereocenters. The predicted octanol–water partition coefficient (Wildman–Crippen LogP) is 4.94. The zero-order chi connectivity index (χ0) is 13.9. The normalized spacial score (nSPS) is 15.5. The molecule has 1 aromatic rings. The molecule has 1 nitrogen and oxygen atoms in total. The Bertz CT molecular complexity index is 404. The van der Waals surface area contributed by atoms with Gasteiger partial charge in [0.2, 0.25) is 0 Å². The summed E-state index contributed by atoms with van der Waals surface area (Å²) in [5, 5.41) is 10.0. The predicted molar refractivity (Wildman–Crippen MR) is 68.2 cm³/mol. The fourth-order valence-corrected chi connectivity index (χ4v) is 2.31. The van der Waals surface area contributed by atoms with Crippen molar-refractivity contribution in [1.82, 2.24) is 0 Å². The molecule has 2 unspecified atom stereocenters. The maximum Gasteiger partial charge on any atom is 0.416 e. The van der Waals surface area contributed by atoms with Crippen LogP contribution >= 0.6 is 15.9 Å². The maximum absolute atomic E-state index is 12.9. The van der Waals surface area contributed by atoms with E-state index in [4.69, 9.17) is 0 Å². The van der Waals surface area contributed by atoms with Crippen LogP contribution in [0.15, 0.2) is 22.7 Å². The van der Waals surface area contributed by atoms with E-state index in [0.717, 1.165) is 12.5 Å². The second kappa shape index (κ2) is 6.06. The summed E-state index contributed by atoms with van der Waals surface area (Å²) in [5.74, 6) is -0.197. The Kier molecular flexibility index (Phi) is 5.22. The van der Waals surface area contributed by atoms with Crippen LogP contribution in [-0.4, -0.2) is 5.11 Å². The van der Waals surface area contributed by atoms with Crippen LogP contribution in [0.25, 0.3) is 0 Å². The minimum absolute atomic E-state index is 0.0494. The molecule has 0 bridgehead atoms. The van der Waals surface area contributed by atoms with Crippen LogP contribution < -0.4 is 0 Å². The van der Waals surface area contributed by atoms with Crippen LogP contribution in [0.5, 0.6) is 0 Å². The van der Waals surface area contributed by atoms with Gasteiger partial charge in [0.05, 0.1) is 11.7 Å². The number of aliphatic hydroxyl groups is 1. The first-order valence-electron chi connectivity index (χ1n) is 5.82. The highest BCUT2D eigenvalue weighted by molar-refractivity contribution is 9.10. The third-order valence-electron chi connectivity index (χ3n) is 2.92. The number of aliphatic hydroxyl groups excluding tert-OH is 1. The van der Waals surface area contributed by atoms with Gasteiger partial charge in [-0.25, -0.2) is 0 Å². The van der Waals surface area contributed by atoms with Crippen molar-refractivity contribution >= 4 is 15.9 Å². The van der Waals surface area contributed by atoms with Gasteiger partial charge in [-0.3, -0.25) is 0 Å². The molecule has 0 amide bonds. The summed E-state index contributed by atoms with van der Waals surface area (Å²) in [5.41, 5.74) is -0.820. The highest BCUT2D eigenvalue weighted by Gasteiger charge is 2.36. The number of hydrogen-bond acceptors (Lipinski definition) is 1. The van der Waals surface area contributed by atoms with Crippen molar-refractivity contribution in [2.75, 3.05) is 0 Å². The third kappa shape index (κ3) is 3.72. The third-order valence-corrected chi connectivity index (χ3v) is 3.42. The van der Waals surface area contributed by atoms with Gasteiger partial charge < -0.3 is 5.11 Å². The lowest BCUT2D eigenvalue weighted by Gasteiger charge is -2.22. The van der Waals surface area contributed by atoms with Crippen molar-refractivity contribution in [3.05, 3.63) is 33.8 Å². The van der Waals surface area contributed by atoms with Crippen LogP contribution in [0.1, 0.15) is 43.9 Å². The van der Waals surface area contributed by atoms with E-state index in [2.05, 4.69) is 15.9 Å². The molecule has 18 heavy (non-hydrogen) atoms. The molecule has 5 heteroatoms. The van der Waals surface area contributed by atoms with Gasteiger partial charge in [-0.2, -0.15) is 13.2 Å². The molecule has 1 N–H and O–H groups in total. The molecule has 0 aliphatic carbocycles. The van der Waals surface area contributed by atoms with E-state index in [0.29, 0.717) is 10.9 Å². The van der Waals surface area contributed by atoms with E-state index >= 15 is 0 Å². The average molecular weight is 325 g/mol. The molecule has 0 heterocycles. The van der Waals surface area contributed by atoms with Crippen molar-refractivity contribution in [3.8, 4) is 0 Å². The average Bonchev–Trinajstić information content (AvgIpc) is 2.27. The zero-order valence-corrected chi connectivity index (χ0v) is 11.8. The number of benzene rings is 1. The number of hydrogen-bond donors (Lipinski definition) is 1. The summed E-state index contributed by atoms with van der Waals surface area (Å²) in [4.78, 5) is 0. The fourth-order valence-electron chi connectivity index (χ4n) is 1.95. The van der Waals surface area contributed by atoms with Crippen molar-refractivity contribution in [1.29, 1.82) is 0 Å². The summed E-state index contributed by atoms with van der Waals surface area (Å²) < 4.78 is 39.1. The van der Waals surface area contributed by atoms with Crippen LogP contribution in [0, 0.1) is 5.92 Å². The van der Waals surface area contributed by atoms with E-state index in [1.54, 1.807) is 6.92 Å².